The van der Waals surface area contributed by atoms with E-state index in [-0.39, 0.29) is 67.7 Å². The van der Waals surface area contributed by atoms with E-state index < -0.39 is 131 Å². The Morgan fingerprint density at radius 3 is 2.30 bits per heavy atom. The zero-order valence-electron chi connectivity index (χ0n) is 48.6. The number of benzene rings is 1. The summed E-state index contributed by atoms with van der Waals surface area (Å²) in [7, 11) is 7.12. The van der Waals surface area contributed by atoms with Crippen molar-refractivity contribution < 1.29 is 81.5 Å². The van der Waals surface area contributed by atoms with E-state index in [0.29, 0.717) is 30.2 Å². The highest BCUT2D eigenvalue weighted by atomic mass is 32.2. The van der Waals surface area contributed by atoms with Crippen LogP contribution in [0.5, 0.6) is 0 Å². The highest BCUT2D eigenvalue weighted by molar-refractivity contribution is 7.99. The summed E-state index contributed by atoms with van der Waals surface area (Å²) < 4.78 is 73.3. The number of ether oxygens (including phenoxy) is 9. The number of carbonyl (C=O) groups excluding carboxylic acids is 3. The van der Waals surface area contributed by atoms with Gasteiger partial charge in [-0.3, -0.25) is 19.3 Å². The van der Waals surface area contributed by atoms with Crippen LogP contribution in [0.3, 0.4) is 0 Å². The fourth-order valence-electron chi connectivity index (χ4n) is 12.3. The third-order valence-corrected chi connectivity index (χ3v) is 17.7. The van der Waals surface area contributed by atoms with Gasteiger partial charge in [-0.2, -0.15) is 0 Å². The van der Waals surface area contributed by atoms with Crippen LogP contribution in [0.2, 0.25) is 0 Å². The van der Waals surface area contributed by atoms with Crippen molar-refractivity contribution in [1.29, 1.82) is 0 Å². The van der Waals surface area contributed by atoms with Gasteiger partial charge in [0.25, 0.3) is 0 Å². The lowest BCUT2D eigenvalue weighted by Crippen LogP contribution is -2.61. The molecule has 4 aliphatic heterocycles. The van der Waals surface area contributed by atoms with Gasteiger partial charge in [-0.1, -0.05) is 20.8 Å². The zero-order chi connectivity index (χ0) is 58.6. The number of carboxylic acids is 1. The maximum atomic E-state index is 15.0. The van der Waals surface area contributed by atoms with Crippen LogP contribution in [-0.4, -0.2) is 198 Å². The second-order valence-corrected chi connectivity index (χ2v) is 24.3. The van der Waals surface area contributed by atoms with Gasteiger partial charge >= 0.3 is 24.1 Å². The van der Waals surface area contributed by atoms with Gasteiger partial charge in [-0.15, -0.1) is 11.8 Å². The number of nitrogens with one attached hydrogen (secondary N) is 1. The fraction of sp³-hybridized carbons (Fsp3) is 0.768. The molecule has 0 aliphatic carbocycles. The van der Waals surface area contributed by atoms with E-state index in [1.54, 1.807) is 48.5 Å². The molecule has 0 bridgehead atoms. The first kappa shape index (κ1) is 64.2. The molecule has 4 fully saturated rings. The number of halogens is 1. The maximum absolute atomic E-state index is 15.0. The predicted octanol–water partition coefficient (Wildman–Crippen LogP) is 5.58. The van der Waals surface area contributed by atoms with Crippen molar-refractivity contribution in [2.24, 2.45) is 17.8 Å². The number of cyclic esters (lactones) is 1. The number of aliphatic hydroxyl groups excluding tert-OH is 1. The molecule has 2 aromatic rings. The number of fused-ring (bicyclic) bond motifs is 2. The number of esters is 2. The number of thioether (sulfide) groups is 1. The molecule has 0 unspecified atom stereocenters. The molecule has 23 heteroatoms. The van der Waals surface area contributed by atoms with Gasteiger partial charge in [-0.25, -0.2) is 14.0 Å². The number of hydrogen-bond acceptors (Lipinski definition) is 20. The SMILES string of the molecule is CC[C@H]1OC(=O)[C@H](C)[C@@H](O[C@H]2C[C@@](C)(OC)[C@@H](OC(=O)CCNCCSc3ccc(F)c4c3c(=O)c(C(=O)O)cn4CC)[C@H](C)O2)[C@H](C)[C@@H](O[C@@H]2O[C@H](C)C[C@H](N(C)C)[C@H]2O)[C@](C)(O)C[C@@H](C)CN(C)[C@H](C)[C@H]2OC(=O)O[C@]21C. The van der Waals surface area contributed by atoms with Gasteiger partial charge in [-0.05, 0) is 114 Å². The second-order valence-electron chi connectivity index (χ2n) is 23.1. The Morgan fingerprint density at radius 2 is 1.67 bits per heavy atom. The third kappa shape index (κ3) is 14.3. The summed E-state index contributed by atoms with van der Waals surface area (Å²) in [5.41, 5.74) is -5.40. The number of aromatic carboxylic acids is 1. The van der Waals surface area contributed by atoms with E-state index in [1.807, 2.05) is 58.6 Å². The molecule has 21 nitrogen and oxygen atoms in total. The number of likely N-dealkylation sites (N-methyl/N-ethyl adjacent to an activating group) is 2. The molecule has 0 spiro atoms. The number of aryl methyl sites for hydroxylation is 1. The van der Waals surface area contributed by atoms with E-state index in [2.05, 4.69) is 5.32 Å². The fourth-order valence-corrected chi connectivity index (χ4v) is 13.3. The Morgan fingerprint density at radius 1 is 0.975 bits per heavy atom. The molecule has 5 heterocycles. The minimum atomic E-state index is -1.64. The number of aliphatic hydroxyl groups is 2. The molecular weight excluding hydrogens is 1050 g/mol. The molecule has 1 aromatic heterocycles. The normalized spacial score (nSPS) is 37.1. The molecule has 6 rings (SSSR count). The van der Waals surface area contributed by atoms with Gasteiger partial charge in [0.05, 0.1) is 53.3 Å². The summed E-state index contributed by atoms with van der Waals surface area (Å²) >= 11 is 1.26. The number of carboxylic acid groups (broad SMARTS) is 1. The quantitative estimate of drug-likeness (QED) is 0.0653. The molecule has 4 saturated heterocycles. The summed E-state index contributed by atoms with van der Waals surface area (Å²) in [6.45, 7) is 21.0. The van der Waals surface area contributed by atoms with Crippen LogP contribution < -0.4 is 10.7 Å². The lowest BCUT2D eigenvalue weighted by atomic mass is 9.77. The Balaban J connectivity index is 1.21. The van der Waals surface area contributed by atoms with Crippen molar-refractivity contribution in [2.45, 2.75) is 210 Å². The summed E-state index contributed by atoms with van der Waals surface area (Å²) in [6, 6.07) is 1.97. The standard InChI is InChI=1S/C56H87FN4O17S/c1-16-39-56(11)48(77-53(68)78-56)33(7)60(14)27-29(3)25-54(9,69)47(76-52-45(64)37(59(12)13)24-30(4)71-52)31(5)46(32(6)51(67)73-39)75-41-26-55(10,70-15)49(34(8)72-41)74-40(62)20-21-58-22-23-79-38-19-18-36(57)43-42(38)44(63)35(50(65)66)28-61(43)17-2/h18-19,28-34,37,39,41,45-49,52,58,64,69H,16-17,20-27H2,1-15H3,(H,65,66)/t29-,30-,31+,32-,33-,34+,37+,39-,41+,45-,46+,47-,48-,49+,52+,54-,55-,56+/m1/s1. The van der Waals surface area contributed by atoms with Crippen LogP contribution in [-0.2, 0) is 58.8 Å². The van der Waals surface area contributed by atoms with E-state index in [4.69, 9.17) is 42.6 Å². The first-order valence-corrected chi connectivity index (χ1v) is 28.7. The van der Waals surface area contributed by atoms with Gasteiger partial charge < -0.3 is 72.7 Å². The predicted molar refractivity (Wildman–Crippen MR) is 290 cm³/mol. The number of carbonyl (C=O) groups is 4. The van der Waals surface area contributed by atoms with Gasteiger partial charge in [0, 0.05) is 74.6 Å². The largest absolute Gasteiger partial charge is 0.509 e. The van der Waals surface area contributed by atoms with Gasteiger partial charge in [0.2, 0.25) is 5.43 Å². The molecule has 79 heavy (non-hydrogen) atoms. The molecule has 1 aromatic carbocycles. The first-order chi connectivity index (χ1) is 37.0. The van der Waals surface area contributed by atoms with Crippen molar-refractivity contribution in [3.8, 4) is 0 Å². The lowest BCUT2D eigenvalue weighted by Gasteiger charge is -2.49. The number of aromatic nitrogens is 1. The van der Waals surface area contributed by atoms with E-state index in [1.165, 1.54) is 35.6 Å². The van der Waals surface area contributed by atoms with Gasteiger partial charge in [0.1, 0.15) is 29.2 Å². The topological polar surface area (TPSA) is 253 Å². The van der Waals surface area contributed by atoms with E-state index in [0.717, 1.165) is 6.20 Å². The number of nitrogens with zero attached hydrogens (tertiary/aromatic N) is 3. The van der Waals surface area contributed by atoms with Crippen LogP contribution in [0.25, 0.3) is 10.9 Å². The summed E-state index contributed by atoms with van der Waals surface area (Å²) in [4.78, 5) is 70.7. The average molecular weight is 1140 g/mol. The van der Waals surface area contributed by atoms with Crippen molar-refractivity contribution in [3.63, 3.8) is 0 Å². The van der Waals surface area contributed by atoms with Crippen LogP contribution in [0.15, 0.2) is 28.0 Å². The molecule has 4 aliphatic rings. The molecule has 0 radical (unpaired) electrons. The van der Waals surface area contributed by atoms with Crippen LogP contribution in [0, 0.1) is 23.6 Å². The van der Waals surface area contributed by atoms with Crippen molar-refractivity contribution >= 4 is 46.7 Å². The summed E-state index contributed by atoms with van der Waals surface area (Å²) in [5, 5.41) is 37.5. The minimum absolute atomic E-state index is 0.00265. The Labute approximate surface area is 467 Å². The Hall–Kier alpha value is -4.01. The monoisotopic (exact) mass is 1140 g/mol. The summed E-state index contributed by atoms with van der Waals surface area (Å²) in [6.07, 6.45) is -8.24. The second kappa shape index (κ2) is 26.5. The van der Waals surface area contributed by atoms with Crippen molar-refractivity contribution in [3.05, 3.63) is 39.9 Å². The number of methoxy groups -OCH3 is 1. The maximum Gasteiger partial charge on any atom is 0.509 e. The van der Waals surface area contributed by atoms with Crippen LogP contribution in [0.1, 0.15) is 119 Å². The third-order valence-electron chi connectivity index (χ3n) is 16.6. The molecule has 18 atom stereocenters. The molecule has 4 N–H and O–H groups in total. The van der Waals surface area contributed by atoms with Crippen LogP contribution >= 0.6 is 11.8 Å². The Bertz CT molecular complexity index is 2520. The summed E-state index contributed by atoms with van der Waals surface area (Å²) in [5.74, 6) is -5.00. The minimum Gasteiger partial charge on any atom is -0.477 e. The molecule has 0 saturated carbocycles. The molecule has 0 amide bonds. The van der Waals surface area contributed by atoms with Crippen molar-refractivity contribution in [1.82, 2.24) is 19.7 Å². The Kier molecular flexibility index (Phi) is 21.5. The number of pyridine rings is 1. The number of rotatable bonds is 17. The first-order valence-electron chi connectivity index (χ1n) is 27.7. The lowest BCUT2D eigenvalue weighted by molar-refractivity contribution is -0.318. The number of hydrogen-bond donors (Lipinski definition) is 4. The van der Waals surface area contributed by atoms with Crippen molar-refractivity contribution in [2.75, 3.05) is 53.6 Å². The highest BCUT2D eigenvalue weighted by Gasteiger charge is 2.58. The molecular formula is C56H87FN4O17S. The van der Waals surface area contributed by atoms with E-state index in [9.17, 15) is 39.3 Å². The average Bonchev–Trinajstić information content (AvgIpc) is 3.91. The van der Waals surface area contributed by atoms with E-state index >= 15 is 4.39 Å². The van der Waals surface area contributed by atoms with Crippen LogP contribution in [0.4, 0.5) is 9.18 Å². The van der Waals surface area contributed by atoms with Gasteiger partial charge in [0.15, 0.2) is 30.4 Å². The smallest absolute Gasteiger partial charge is 0.477 e. The zero-order valence-corrected chi connectivity index (χ0v) is 49.5. The highest BCUT2D eigenvalue weighted by Crippen LogP contribution is 2.43. The molecule has 446 valence electrons.